The maximum Gasteiger partial charge on any atom is 1.00 e. The quantitative estimate of drug-likeness (QED) is 0.408. The van der Waals surface area contributed by atoms with Gasteiger partial charge in [-0.1, -0.05) is 32.1 Å². The second-order valence-corrected chi connectivity index (χ2v) is 6.80. The first-order chi connectivity index (χ1) is 9.24. The molecule has 110 valence electrons. The van der Waals surface area contributed by atoms with Crippen LogP contribution in [0.2, 0.25) is 0 Å². The number of amides is 1. The van der Waals surface area contributed by atoms with Gasteiger partial charge in [0.15, 0.2) is 0 Å². The zero-order valence-electron chi connectivity index (χ0n) is 13.4. The van der Waals surface area contributed by atoms with Crippen molar-refractivity contribution in [2.45, 2.75) is 77.0 Å². The van der Waals surface area contributed by atoms with Crippen LogP contribution in [0.25, 0.3) is 0 Å². The molecule has 0 aromatic heterocycles. The Bertz CT molecular complexity index is 291. The van der Waals surface area contributed by atoms with Crippen molar-refractivity contribution in [3.8, 4) is 0 Å². The summed E-state index contributed by atoms with van der Waals surface area (Å²) in [5.74, 6) is 1.24. The summed E-state index contributed by atoms with van der Waals surface area (Å²) in [6, 6.07) is 0. The van der Waals surface area contributed by atoms with E-state index < -0.39 is 0 Å². The summed E-state index contributed by atoms with van der Waals surface area (Å²) in [5.41, 5.74) is 0.390. The second-order valence-electron chi connectivity index (χ2n) is 6.80. The topological polar surface area (TPSA) is 29.1 Å². The Balaban J connectivity index is 0.00000200. The van der Waals surface area contributed by atoms with E-state index in [0.717, 1.165) is 31.7 Å². The summed E-state index contributed by atoms with van der Waals surface area (Å²) < 4.78 is 0. The van der Waals surface area contributed by atoms with E-state index in [1.54, 1.807) is 0 Å². The molecule has 2 atom stereocenters. The van der Waals surface area contributed by atoms with Crippen molar-refractivity contribution in [2.75, 3.05) is 6.54 Å². The molecule has 2 fully saturated rings. The van der Waals surface area contributed by atoms with Gasteiger partial charge in [0.2, 0.25) is 5.91 Å². The van der Waals surface area contributed by atoms with Gasteiger partial charge >= 0.3 is 51.4 Å². The molecule has 2 aliphatic rings. The van der Waals surface area contributed by atoms with Crippen LogP contribution >= 0.6 is 0 Å². The molecule has 20 heavy (non-hydrogen) atoms. The van der Waals surface area contributed by atoms with Crippen molar-refractivity contribution in [1.29, 1.82) is 0 Å². The first-order valence-corrected chi connectivity index (χ1v) is 8.30. The molecule has 2 aliphatic carbocycles. The number of nitrogens with one attached hydrogen (secondary N) is 1. The molecule has 2 nitrogen and oxygen atoms in total. The standard InChI is InChI=1S/C17H30NO.K/c1-2-3-4-5-6-12-18-16(19)14-17-10-7-8-15(13-17)9-11-17;/h15H,1-14H2,(H,18,19);/q-1;+1. The molecule has 2 bridgehead atoms. The van der Waals surface area contributed by atoms with Gasteiger partial charge in [0.25, 0.3) is 0 Å². The Morgan fingerprint density at radius 1 is 1.15 bits per heavy atom. The monoisotopic (exact) mass is 303 g/mol. The summed E-state index contributed by atoms with van der Waals surface area (Å²) in [4.78, 5) is 12.1. The van der Waals surface area contributed by atoms with Crippen LogP contribution in [0.5, 0.6) is 0 Å². The third-order valence-electron chi connectivity index (χ3n) is 5.16. The minimum absolute atomic E-state index is 0. The normalized spacial score (nSPS) is 27.9. The summed E-state index contributed by atoms with van der Waals surface area (Å²) in [5, 5.41) is 3.13. The fourth-order valence-electron chi connectivity index (χ4n) is 4.10. The van der Waals surface area contributed by atoms with Crippen LogP contribution in [0.1, 0.15) is 77.0 Å². The van der Waals surface area contributed by atoms with Gasteiger partial charge in [0.05, 0.1) is 0 Å². The molecule has 2 unspecified atom stereocenters. The molecule has 0 spiro atoms. The number of rotatable bonds is 8. The third-order valence-corrected chi connectivity index (χ3v) is 5.16. The Morgan fingerprint density at radius 3 is 2.75 bits per heavy atom. The van der Waals surface area contributed by atoms with Gasteiger partial charge in [-0.3, -0.25) is 4.79 Å². The minimum Gasteiger partial charge on any atom is -0.356 e. The van der Waals surface area contributed by atoms with Gasteiger partial charge in [0.1, 0.15) is 0 Å². The Kier molecular flexibility index (Phi) is 9.57. The fraction of sp³-hybridized carbons (Fsp3) is 0.882. The van der Waals surface area contributed by atoms with E-state index in [4.69, 9.17) is 0 Å². The molecule has 0 heterocycles. The molecular formula is C17H30KNO. The predicted molar refractivity (Wildman–Crippen MR) is 79.7 cm³/mol. The molecule has 2 saturated carbocycles. The van der Waals surface area contributed by atoms with E-state index in [1.165, 1.54) is 57.8 Å². The molecular weight excluding hydrogens is 273 g/mol. The zero-order chi connectivity index (χ0) is 13.6. The number of carbonyl (C=O) groups excluding carboxylic acids is 1. The van der Waals surface area contributed by atoms with Crippen LogP contribution in [0.4, 0.5) is 0 Å². The molecule has 0 saturated heterocycles. The number of unbranched alkanes of at least 4 members (excludes halogenated alkanes) is 4. The first kappa shape index (κ1) is 19.2. The van der Waals surface area contributed by atoms with Crippen molar-refractivity contribution < 1.29 is 56.2 Å². The van der Waals surface area contributed by atoms with Crippen LogP contribution in [0.15, 0.2) is 0 Å². The Hall–Kier alpha value is 1.11. The van der Waals surface area contributed by atoms with Crippen LogP contribution in [0, 0.1) is 18.3 Å². The van der Waals surface area contributed by atoms with Crippen molar-refractivity contribution >= 4 is 5.91 Å². The third kappa shape index (κ3) is 6.08. The maximum absolute atomic E-state index is 12.1. The average Bonchev–Trinajstić information content (AvgIpc) is 2.68. The summed E-state index contributed by atoms with van der Waals surface area (Å²) >= 11 is 0. The maximum atomic E-state index is 12.1. The van der Waals surface area contributed by atoms with E-state index in [0.29, 0.717) is 11.3 Å². The van der Waals surface area contributed by atoms with Crippen LogP contribution in [-0.2, 0) is 4.79 Å². The zero-order valence-corrected chi connectivity index (χ0v) is 16.5. The number of carbonyl (C=O) groups is 1. The Morgan fingerprint density at radius 2 is 1.95 bits per heavy atom. The average molecular weight is 304 g/mol. The van der Waals surface area contributed by atoms with Crippen molar-refractivity contribution in [2.24, 2.45) is 11.3 Å². The van der Waals surface area contributed by atoms with Gasteiger partial charge < -0.3 is 12.2 Å². The molecule has 1 amide bonds. The molecule has 2 rings (SSSR count). The number of hydrogen-bond acceptors (Lipinski definition) is 1. The van der Waals surface area contributed by atoms with Gasteiger partial charge in [-0.15, -0.1) is 0 Å². The molecule has 0 aromatic rings. The molecule has 0 radical (unpaired) electrons. The smallest absolute Gasteiger partial charge is 0.356 e. The van der Waals surface area contributed by atoms with E-state index >= 15 is 0 Å². The van der Waals surface area contributed by atoms with E-state index in [1.807, 2.05) is 0 Å². The Labute approximate surface area is 167 Å². The van der Waals surface area contributed by atoms with Crippen molar-refractivity contribution in [3.05, 3.63) is 6.92 Å². The van der Waals surface area contributed by atoms with Gasteiger partial charge in [0, 0.05) is 13.0 Å². The van der Waals surface area contributed by atoms with E-state index in [-0.39, 0.29) is 51.4 Å². The van der Waals surface area contributed by atoms with Gasteiger partial charge in [-0.25, -0.2) is 0 Å². The summed E-state index contributed by atoms with van der Waals surface area (Å²) in [7, 11) is 0. The number of fused-ring (bicyclic) bond motifs is 2. The molecule has 0 aliphatic heterocycles. The van der Waals surface area contributed by atoms with Crippen molar-refractivity contribution in [3.63, 3.8) is 0 Å². The molecule has 1 N–H and O–H groups in total. The predicted octanol–water partition coefficient (Wildman–Crippen LogP) is 1.25. The molecule has 3 heteroatoms. The van der Waals surface area contributed by atoms with Crippen LogP contribution < -0.4 is 56.7 Å². The minimum atomic E-state index is 0. The summed E-state index contributed by atoms with van der Waals surface area (Å²) in [6.07, 6.45) is 14.7. The first-order valence-electron chi connectivity index (χ1n) is 8.30. The van der Waals surface area contributed by atoms with Gasteiger partial charge in [-0.2, -0.15) is 6.42 Å². The van der Waals surface area contributed by atoms with E-state index in [9.17, 15) is 4.79 Å². The SMILES string of the molecule is [CH2-]CCCCCCNC(=O)CC12CCCC(CC1)C2.[K+]. The fourth-order valence-corrected chi connectivity index (χ4v) is 4.10. The number of hydrogen-bond donors (Lipinski definition) is 1. The second kappa shape index (κ2) is 9.99. The van der Waals surface area contributed by atoms with Crippen LogP contribution in [0.3, 0.4) is 0 Å². The molecule has 0 aromatic carbocycles. The largest absolute Gasteiger partial charge is 1.00 e. The van der Waals surface area contributed by atoms with E-state index in [2.05, 4.69) is 12.2 Å². The van der Waals surface area contributed by atoms with Crippen molar-refractivity contribution in [1.82, 2.24) is 5.32 Å². The summed E-state index contributed by atoms with van der Waals surface area (Å²) in [6.45, 7) is 4.72. The van der Waals surface area contributed by atoms with Crippen LogP contribution in [-0.4, -0.2) is 12.5 Å². The van der Waals surface area contributed by atoms with Gasteiger partial charge in [-0.05, 0) is 43.4 Å².